The van der Waals surface area contributed by atoms with Crippen molar-refractivity contribution in [2.24, 2.45) is 17.4 Å². The van der Waals surface area contributed by atoms with E-state index >= 15 is 0 Å². The van der Waals surface area contributed by atoms with E-state index in [1.807, 2.05) is 0 Å². The van der Waals surface area contributed by atoms with E-state index < -0.39 is 5.91 Å². The molecule has 1 aromatic carbocycles. The van der Waals surface area contributed by atoms with Crippen LogP contribution in [0.5, 0.6) is 17.2 Å². The smallest absolute Gasteiger partial charge is 0.255 e. The molecule has 8 nitrogen and oxygen atoms in total. The number of carbonyl (C=O) groups is 2. The minimum absolute atomic E-state index is 0.0593. The zero-order valence-electron chi connectivity index (χ0n) is 15.2. The van der Waals surface area contributed by atoms with Crippen LogP contribution in [0.15, 0.2) is 12.1 Å². The summed E-state index contributed by atoms with van der Waals surface area (Å²) >= 11 is 0. The summed E-state index contributed by atoms with van der Waals surface area (Å²) in [4.78, 5) is 23.7. The van der Waals surface area contributed by atoms with Crippen molar-refractivity contribution < 1.29 is 23.8 Å². The molecule has 5 N–H and O–H groups in total. The third kappa shape index (κ3) is 4.78. The van der Waals surface area contributed by atoms with Gasteiger partial charge in [-0.1, -0.05) is 12.8 Å². The van der Waals surface area contributed by atoms with Crippen LogP contribution in [-0.4, -0.2) is 45.2 Å². The van der Waals surface area contributed by atoms with Gasteiger partial charge in [0.25, 0.3) is 11.8 Å². The van der Waals surface area contributed by atoms with E-state index in [0.29, 0.717) is 12.1 Å². The van der Waals surface area contributed by atoms with Crippen molar-refractivity contribution in [3.8, 4) is 17.2 Å². The second kappa shape index (κ2) is 9.28. The van der Waals surface area contributed by atoms with Gasteiger partial charge in [0.15, 0.2) is 18.1 Å². The zero-order valence-corrected chi connectivity index (χ0v) is 15.2. The summed E-state index contributed by atoms with van der Waals surface area (Å²) in [6, 6.07) is 3.16. The largest absolute Gasteiger partial charge is 0.493 e. The van der Waals surface area contributed by atoms with Crippen LogP contribution in [0, 0.1) is 5.92 Å². The number of carbonyl (C=O) groups excluding carboxylic acids is 2. The predicted octanol–water partition coefficient (Wildman–Crippen LogP) is 0.815. The first kappa shape index (κ1) is 19.8. The Bertz CT molecular complexity index is 625. The average molecular weight is 365 g/mol. The van der Waals surface area contributed by atoms with Crippen molar-refractivity contribution >= 4 is 11.8 Å². The van der Waals surface area contributed by atoms with E-state index in [9.17, 15) is 9.59 Å². The van der Waals surface area contributed by atoms with E-state index in [4.69, 9.17) is 25.7 Å². The van der Waals surface area contributed by atoms with Crippen molar-refractivity contribution in [2.45, 2.75) is 31.7 Å². The molecule has 1 fully saturated rings. The van der Waals surface area contributed by atoms with E-state index in [-0.39, 0.29) is 41.7 Å². The molecule has 1 saturated carbocycles. The van der Waals surface area contributed by atoms with Gasteiger partial charge < -0.3 is 31.0 Å². The molecule has 144 valence electrons. The minimum Gasteiger partial charge on any atom is -0.493 e. The second-order valence-electron chi connectivity index (χ2n) is 6.33. The summed E-state index contributed by atoms with van der Waals surface area (Å²) in [5.74, 6) is 0.233. The standard InChI is InChI=1S/C18H27N3O5/c1-24-14-7-12(8-15(25-2)17(14)26-10-16(20)22)18(23)21-13-6-4-3-5-11(13)9-19/h7-8,11,13H,3-6,9-10,19H2,1-2H3,(H2,20,22)(H,21,23). The van der Waals surface area contributed by atoms with Crippen LogP contribution < -0.4 is 31.0 Å². The number of methoxy groups -OCH3 is 2. The highest BCUT2D eigenvalue weighted by molar-refractivity contribution is 5.96. The summed E-state index contributed by atoms with van der Waals surface area (Å²) in [6.45, 7) is 0.232. The van der Waals surface area contributed by atoms with E-state index in [1.165, 1.54) is 14.2 Å². The van der Waals surface area contributed by atoms with Gasteiger partial charge in [-0.25, -0.2) is 0 Å². The van der Waals surface area contributed by atoms with E-state index in [2.05, 4.69) is 5.32 Å². The minimum atomic E-state index is -0.624. The molecule has 0 aromatic heterocycles. The van der Waals surface area contributed by atoms with Crippen LogP contribution in [0.25, 0.3) is 0 Å². The first-order valence-electron chi connectivity index (χ1n) is 8.68. The van der Waals surface area contributed by atoms with Crippen molar-refractivity contribution in [3.63, 3.8) is 0 Å². The van der Waals surface area contributed by atoms with Gasteiger partial charge >= 0.3 is 0 Å². The normalized spacial score (nSPS) is 19.5. The molecule has 2 unspecified atom stereocenters. The molecule has 2 amide bonds. The number of rotatable bonds is 8. The Morgan fingerprint density at radius 1 is 1.15 bits per heavy atom. The molecule has 1 aliphatic carbocycles. The van der Waals surface area contributed by atoms with Crippen molar-refractivity contribution in [3.05, 3.63) is 17.7 Å². The van der Waals surface area contributed by atoms with Gasteiger partial charge in [-0.15, -0.1) is 0 Å². The Balaban J connectivity index is 2.22. The lowest BCUT2D eigenvalue weighted by molar-refractivity contribution is -0.120. The van der Waals surface area contributed by atoms with Crippen LogP contribution in [0.2, 0.25) is 0 Å². The van der Waals surface area contributed by atoms with Gasteiger partial charge in [0.05, 0.1) is 14.2 Å². The first-order chi connectivity index (χ1) is 12.5. The zero-order chi connectivity index (χ0) is 19.1. The Morgan fingerprint density at radius 2 is 1.77 bits per heavy atom. The number of ether oxygens (including phenoxy) is 3. The molecule has 0 aliphatic heterocycles. The van der Waals surface area contributed by atoms with Crippen molar-refractivity contribution in [1.82, 2.24) is 5.32 Å². The number of nitrogens with two attached hydrogens (primary N) is 2. The number of nitrogens with one attached hydrogen (secondary N) is 1. The molecule has 2 atom stereocenters. The van der Waals surface area contributed by atoms with Crippen LogP contribution in [-0.2, 0) is 4.79 Å². The summed E-state index contributed by atoms with van der Waals surface area (Å²) < 4.78 is 15.9. The highest BCUT2D eigenvalue weighted by atomic mass is 16.5. The third-order valence-corrected chi connectivity index (χ3v) is 4.61. The van der Waals surface area contributed by atoms with Crippen LogP contribution in [0.4, 0.5) is 0 Å². The topological polar surface area (TPSA) is 126 Å². The fourth-order valence-electron chi connectivity index (χ4n) is 3.23. The SMILES string of the molecule is COc1cc(C(=O)NC2CCCCC2CN)cc(OC)c1OCC(N)=O. The lowest BCUT2D eigenvalue weighted by atomic mass is 9.84. The van der Waals surface area contributed by atoms with Crippen LogP contribution >= 0.6 is 0 Å². The van der Waals surface area contributed by atoms with Crippen LogP contribution in [0.3, 0.4) is 0 Å². The maximum atomic E-state index is 12.7. The number of amides is 2. The molecule has 1 aromatic rings. The van der Waals surface area contributed by atoms with Gasteiger partial charge in [-0.05, 0) is 37.4 Å². The lowest BCUT2D eigenvalue weighted by Gasteiger charge is -2.31. The summed E-state index contributed by atoms with van der Waals surface area (Å²) in [6.07, 6.45) is 4.16. The fraction of sp³-hybridized carbons (Fsp3) is 0.556. The van der Waals surface area contributed by atoms with E-state index in [0.717, 1.165) is 25.7 Å². The quantitative estimate of drug-likeness (QED) is 0.626. The molecule has 0 saturated heterocycles. The van der Waals surface area contributed by atoms with Crippen molar-refractivity contribution in [2.75, 3.05) is 27.4 Å². The number of hydrogen-bond acceptors (Lipinski definition) is 6. The molecular weight excluding hydrogens is 338 g/mol. The summed E-state index contributed by atoms with van der Waals surface area (Å²) in [5.41, 5.74) is 11.3. The molecule has 0 bridgehead atoms. The molecule has 0 spiro atoms. The Labute approximate surface area is 153 Å². The summed E-state index contributed by atoms with van der Waals surface area (Å²) in [7, 11) is 2.89. The first-order valence-corrected chi connectivity index (χ1v) is 8.68. The predicted molar refractivity (Wildman–Crippen MR) is 96.5 cm³/mol. The van der Waals surface area contributed by atoms with Gasteiger partial charge in [0.2, 0.25) is 5.75 Å². The Morgan fingerprint density at radius 3 is 2.31 bits per heavy atom. The highest BCUT2D eigenvalue weighted by Gasteiger charge is 2.26. The Hall–Kier alpha value is -2.48. The molecule has 8 heteroatoms. The van der Waals surface area contributed by atoms with Gasteiger partial charge in [0.1, 0.15) is 0 Å². The van der Waals surface area contributed by atoms with Crippen LogP contribution in [0.1, 0.15) is 36.0 Å². The highest BCUT2D eigenvalue weighted by Crippen LogP contribution is 2.38. The number of benzene rings is 1. The maximum absolute atomic E-state index is 12.7. The molecule has 0 heterocycles. The number of primary amides is 1. The molecule has 0 radical (unpaired) electrons. The average Bonchev–Trinajstić information content (AvgIpc) is 2.65. The maximum Gasteiger partial charge on any atom is 0.255 e. The third-order valence-electron chi connectivity index (χ3n) is 4.61. The van der Waals surface area contributed by atoms with Gasteiger partial charge in [0, 0.05) is 11.6 Å². The second-order valence-corrected chi connectivity index (χ2v) is 6.33. The van der Waals surface area contributed by atoms with Crippen molar-refractivity contribution in [1.29, 1.82) is 0 Å². The van der Waals surface area contributed by atoms with E-state index in [1.54, 1.807) is 12.1 Å². The fourth-order valence-corrected chi connectivity index (χ4v) is 3.23. The Kier molecular flexibility index (Phi) is 7.08. The molecule has 26 heavy (non-hydrogen) atoms. The number of hydrogen-bond donors (Lipinski definition) is 3. The summed E-state index contributed by atoms with van der Waals surface area (Å²) in [5, 5.41) is 3.06. The molecule has 2 rings (SSSR count). The van der Waals surface area contributed by atoms with Gasteiger partial charge in [-0.2, -0.15) is 0 Å². The van der Waals surface area contributed by atoms with Gasteiger partial charge in [-0.3, -0.25) is 9.59 Å². The molecular formula is C18H27N3O5. The monoisotopic (exact) mass is 365 g/mol. The molecule has 1 aliphatic rings. The lowest BCUT2D eigenvalue weighted by Crippen LogP contribution is -2.44.